The van der Waals surface area contributed by atoms with Gasteiger partial charge in [0.1, 0.15) is 5.76 Å². The highest BCUT2D eigenvalue weighted by atomic mass is 127. The second kappa shape index (κ2) is 11.5. The van der Waals surface area contributed by atoms with E-state index in [2.05, 4.69) is 20.4 Å². The van der Waals surface area contributed by atoms with E-state index in [1.165, 1.54) is 7.11 Å². The van der Waals surface area contributed by atoms with Crippen molar-refractivity contribution in [2.24, 2.45) is 4.99 Å². The average Bonchev–Trinajstić information content (AvgIpc) is 3.13. The minimum atomic E-state index is -0.319. The topological polar surface area (TPSA) is 75.9 Å². The van der Waals surface area contributed by atoms with Crippen molar-refractivity contribution in [1.29, 1.82) is 0 Å². The van der Waals surface area contributed by atoms with Crippen molar-refractivity contribution in [3.63, 3.8) is 0 Å². The van der Waals surface area contributed by atoms with Crippen LogP contribution < -0.4 is 10.6 Å². The molecule has 2 aromatic rings. The van der Waals surface area contributed by atoms with Crippen molar-refractivity contribution in [2.75, 3.05) is 27.2 Å². The number of rotatable bonds is 7. The number of halogens is 1. The maximum Gasteiger partial charge on any atom is 0.337 e. The number of esters is 1. The molecule has 0 fully saturated rings. The summed E-state index contributed by atoms with van der Waals surface area (Å²) in [6.45, 7) is 1.50. The van der Waals surface area contributed by atoms with E-state index in [-0.39, 0.29) is 29.9 Å². The standard InChI is InChI=1S/C18H23N3O3.HI/c1-19-18(21-12-10-16-4-3-13-24-16)20-11-9-14-5-7-15(8-6-14)17(22)23-2;/h3-8,13H,9-12H2,1-2H3,(H2,19,20,21);1H. The fraction of sp³-hybridized carbons (Fsp3) is 0.333. The fourth-order valence-corrected chi connectivity index (χ4v) is 2.23. The number of furan rings is 1. The van der Waals surface area contributed by atoms with Crippen LogP contribution in [0, 0.1) is 0 Å². The van der Waals surface area contributed by atoms with Crippen LogP contribution >= 0.6 is 24.0 Å². The van der Waals surface area contributed by atoms with Crippen LogP contribution in [0.3, 0.4) is 0 Å². The van der Waals surface area contributed by atoms with Gasteiger partial charge in [0, 0.05) is 26.6 Å². The third-order valence-corrected chi connectivity index (χ3v) is 3.55. The first kappa shape index (κ1) is 21.0. The molecule has 25 heavy (non-hydrogen) atoms. The van der Waals surface area contributed by atoms with Crippen LogP contribution in [-0.4, -0.2) is 39.2 Å². The normalized spacial score (nSPS) is 10.7. The molecule has 1 heterocycles. The first-order valence-corrected chi connectivity index (χ1v) is 7.87. The molecule has 2 rings (SSSR count). The summed E-state index contributed by atoms with van der Waals surface area (Å²) in [6.07, 6.45) is 3.32. The summed E-state index contributed by atoms with van der Waals surface area (Å²) < 4.78 is 9.97. The summed E-state index contributed by atoms with van der Waals surface area (Å²) in [5.74, 6) is 1.39. The summed E-state index contributed by atoms with van der Waals surface area (Å²) in [4.78, 5) is 15.6. The number of hydrogen-bond donors (Lipinski definition) is 2. The molecule has 0 aliphatic rings. The summed E-state index contributed by atoms with van der Waals surface area (Å²) >= 11 is 0. The first-order valence-electron chi connectivity index (χ1n) is 7.87. The molecule has 0 saturated heterocycles. The molecule has 7 heteroatoms. The van der Waals surface area contributed by atoms with E-state index in [0.717, 1.165) is 43.2 Å². The molecule has 2 N–H and O–H groups in total. The Hall–Kier alpha value is -2.03. The predicted molar refractivity (Wildman–Crippen MR) is 109 cm³/mol. The van der Waals surface area contributed by atoms with Gasteiger partial charge in [0.25, 0.3) is 0 Å². The van der Waals surface area contributed by atoms with Crippen LogP contribution in [-0.2, 0) is 17.6 Å². The van der Waals surface area contributed by atoms with E-state index in [0.29, 0.717) is 5.56 Å². The number of aliphatic imine (C=N–C) groups is 1. The molecule has 0 spiro atoms. The highest BCUT2D eigenvalue weighted by Gasteiger charge is 2.04. The van der Waals surface area contributed by atoms with Crippen molar-refractivity contribution in [3.05, 3.63) is 59.5 Å². The Labute approximate surface area is 165 Å². The quantitative estimate of drug-likeness (QED) is 0.290. The second-order valence-electron chi connectivity index (χ2n) is 5.19. The molecule has 0 bridgehead atoms. The second-order valence-corrected chi connectivity index (χ2v) is 5.19. The number of carbonyl (C=O) groups is 1. The van der Waals surface area contributed by atoms with E-state index in [1.54, 1.807) is 25.4 Å². The molecule has 0 radical (unpaired) electrons. The smallest absolute Gasteiger partial charge is 0.337 e. The van der Waals surface area contributed by atoms with Crippen molar-refractivity contribution in [3.8, 4) is 0 Å². The molecule has 0 unspecified atom stereocenters. The lowest BCUT2D eigenvalue weighted by Gasteiger charge is -2.11. The molecule has 136 valence electrons. The van der Waals surface area contributed by atoms with Gasteiger partial charge in [0.05, 0.1) is 18.9 Å². The van der Waals surface area contributed by atoms with Gasteiger partial charge in [-0.2, -0.15) is 0 Å². The number of nitrogens with zero attached hydrogens (tertiary/aromatic N) is 1. The molecule has 1 aromatic carbocycles. The number of nitrogens with one attached hydrogen (secondary N) is 2. The third kappa shape index (κ3) is 7.16. The average molecular weight is 457 g/mol. The highest BCUT2D eigenvalue weighted by Crippen LogP contribution is 2.06. The van der Waals surface area contributed by atoms with Crippen LogP contribution in [0.5, 0.6) is 0 Å². The molecule has 0 amide bonds. The van der Waals surface area contributed by atoms with Crippen molar-refractivity contribution in [1.82, 2.24) is 10.6 Å². The third-order valence-electron chi connectivity index (χ3n) is 3.55. The first-order chi connectivity index (χ1) is 11.7. The fourth-order valence-electron chi connectivity index (χ4n) is 2.23. The van der Waals surface area contributed by atoms with Gasteiger partial charge in [-0.1, -0.05) is 12.1 Å². The van der Waals surface area contributed by atoms with E-state index >= 15 is 0 Å². The Morgan fingerprint density at radius 1 is 1.12 bits per heavy atom. The van der Waals surface area contributed by atoms with Crippen molar-refractivity contribution < 1.29 is 13.9 Å². The van der Waals surface area contributed by atoms with Crippen molar-refractivity contribution in [2.45, 2.75) is 12.8 Å². The zero-order valence-electron chi connectivity index (χ0n) is 14.5. The zero-order valence-corrected chi connectivity index (χ0v) is 16.8. The Bertz CT molecular complexity index is 655. The lowest BCUT2D eigenvalue weighted by Crippen LogP contribution is -2.39. The molecule has 0 aliphatic heterocycles. The Kier molecular flexibility index (Phi) is 9.68. The van der Waals surface area contributed by atoms with E-state index in [1.807, 2.05) is 24.3 Å². The number of hydrogen-bond acceptors (Lipinski definition) is 4. The predicted octanol–water partition coefficient (Wildman–Crippen LogP) is 2.63. The SMILES string of the molecule is CN=C(NCCc1ccc(C(=O)OC)cc1)NCCc1ccco1.I. The van der Waals surface area contributed by atoms with E-state index in [4.69, 9.17) is 4.42 Å². The molecular weight excluding hydrogens is 433 g/mol. The van der Waals surface area contributed by atoms with Gasteiger partial charge in [0.15, 0.2) is 5.96 Å². The number of guanidine groups is 1. The number of benzene rings is 1. The summed E-state index contributed by atoms with van der Waals surface area (Å²) in [7, 11) is 3.12. The van der Waals surface area contributed by atoms with Gasteiger partial charge in [-0.15, -0.1) is 24.0 Å². The van der Waals surface area contributed by atoms with Crippen LogP contribution in [0.2, 0.25) is 0 Å². The van der Waals surface area contributed by atoms with Crippen LogP contribution in [0.1, 0.15) is 21.7 Å². The lowest BCUT2D eigenvalue weighted by molar-refractivity contribution is 0.0600. The lowest BCUT2D eigenvalue weighted by atomic mass is 10.1. The zero-order chi connectivity index (χ0) is 17.2. The van der Waals surface area contributed by atoms with Gasteiger partial charge in [0.2, 0.25) is 0 Å². The van der Waals surface area contributed by atoms with E-state index in [9.17, 15) is 4.79 Å². The number of ether oxygens (including phenoxy) is 1. The van der Waals surface area contributed by atoms with Gasteiger partial charge in [-0.05, 0) is 36.2 Å². The van der Waals surface area contributed by atoms with Crippen LogP contribution in [0.4, 0.5) is 0 Å². The number of methoxy groups -OCH3 is 1. The summed E-state index contributed by atoms with van der Waals surface area (Å²) in [5, 5.41) is 6.51. The summed E-state index contributed by atoms with van der Waals surface area (Å²) in [6, 6.07) is 11.3. The van der Waals surface area contributed by atoms with Gasteiger partial charge in [-0.25, -0.2) is 4.79 Å². The maximum absolute atomic E-state index is 11.4. The Morgan fingerprint density at radius 2 is 1.80 bits per heavy atom. The molecular formula is C18H24IN3O3. The Balaban J connectivity index is 0.00000312. The van der Waals surface area contributed by atoms with Crippen LogP contribution in [0.15, 0.2) is 52.1 Å². The molecule has 0 atom stereocenters. The van der Waals surface area contributed by atoms with E-state index < -0.39 is 0 Å². The monoisotopic (exact) mass is 457 g/mol. The molecule has 6 nitrogen and oxygen atoms in total. The highest BCUT2D eigenvalue weighted by molar-refractivity contribution is 14.0. The molecule has 0 aliphatic carbocycles. The molecule has 1 aromatic heterocycles. The Morgan fingerprint density at radius 3 is 2.36 bits per heavy atom. The molecule has 0 saturated carbocycles. The minimum Gasteiger partial charge on any atom is -0.469 e. The largest absolute Gasteiger partial charge is 0.469 e. The number of carbonyl (C=O) groups excluding carboxylic acids is 1. The van der Waals surface area contributed by atoms with Gasteiger partial charge >= 0.3 is 5.97 Å². The maximum atomic E-state index is 11.4. The van der Waals surface area contributed by atoms with Gasteiger partial charge < -0.3 is 19.8 Å². The van der Waals surface area contributed by atoms with Crippen LogP contribution in [0.25, 0.3) is 0 Å². The van der Waals surface area contributed by atoms with Gasteiger partial charge in [-0.3, -0.25) is 4.99 Å². The summed E-state index contributed by atoms with van der Waals surface area (Å²) in [5.41, 5.74) is 1.70. The van der Waals surface area contributed by atoms with Crippen molar-refractivity contribution >= 4 is 35.9 Å². The minimum absolute atomic E-state index is 0.